The SMILES string of the molecule is CC1(C)CN(C(=O)Cn2c(=O)c(C(=O)NCc3ccc(Cl)cc3)cc3c(Cl)ccnc32)C1.CC1(C)CN(C(=O)Cn2c(=O)c(C(=O)NCc3ccc(Cl)cc3)cc3c(N4CCNC(=O)CC4)ccnc32)C1.O=C1CCNCCN1. The van der Waals surface area contributed by atoms with E-state index in [2.05, 4.69) is 64.2 Å². The van der Waals surface area contributed by atoms with Gasteiger partial charge in [-0.2, -0.15) is 0 Å². The third-order valence-electron chi connectivity index (χ3n) is 13.7. The highest BCUT2D eigenvalue weighted by Crippen LogP contribution is 2.31. The summed E-state index contributed by atoms with van der Waals surface area (Å²) in [5, 5.41) is 16.8. The number of halogens is 3. The molecule has 8 heterocycles. The van der Waals surface area contributed by atoms with Crippen LogP contribution in [0.1, 0.15) is 72.4 Å². The van der Waals surface area contributed by atoms with Crippen molar-refractivity contribution in [2.45, 2.75) is 66.7 Å². The van der Waals surface area contributed by atoms with Crippen molar-refractivity contribution in [2.24, 2.45) is 10.8 Å². The van der Waals surface area contributed by atoms with Crippen LogP contribution < -0.4 is 42.6 Å². The number of fused-ring (bicyclic) bond motifs is 2. The highest BCUT2D eigenvalue weighted by Gasteiger charge is 2.38. The molecule has 0 aliphatic carbocycles. The number of nitrogens with zero attached hydrogens (tertiary/aromatic N) is 7. The van der Waals surface area contributed by atoms with Crippen molar-refractivity contribution in [2.75, 3.05) is 70.3 Å². The molecule has 4 aromatic heterocycles. The molecular formula is C56H63Cl3N12O8. The fraction of sp³-hybridized carbons (Fsp3) is 0.393. The zero-order chi connectivity index (χ0) is 56.6. The van der Waals surface area contributed by atoms with Crippen molar-refractivity contribution < 1.29 is 28.8 Å². The molecule has 0 radical (unpaired) electrons. The van der Waals surface area contributed by atoms with Crippen LogP contribution in [0.5, 0.6) is 0 Å². The van der Waals surface area contributed by atoms with Crippen LogP contribution in [0.15, 0.2) is 94.8 Å². The summed E-state index contributed by atoms with van der Waals surface area (Å²) in [4.78, 5) is 116. The van der Waals surface area contributed by atoms with E-state index >= 15 is 0 Å². The van der Waals surface area contributed by atoms with E-state index in [9.17, 15) is 38.4 Å². The topological polar surface area (TPSA) is 242 Å². The minimum absolute atomic E-state index is 0.0295. The number of likely N-dealkylation sites (tertiary alicyclic amines) is 2. The van der Waals surface area contributed by atoms with Crippen LogP contribution >= 0.6 is 34.8 Å². The van der Waals surface area contributed by atoms with Gasteiger partial charge in [0.25, 0.3) is 22.9 Å². The number of pyridine rings is 4. The average Bonchev–Trinajstić information content (AvgIpc) is 3.86. The average molecular weight is 1140 g/mol. The van der Waals surface area contributed by atoms with E-state index in [1.54, 1.807) is 76.7 Å². The maximum atomic E-state index is 13.7. The van der Waals surface area contributed by atoms with Crippen molar-refractivity contribution in [3.8, 4) is 0 Å². The normalized spacial score (nSPS) is 16.5. The van der Waals surface area contributed by atoms with E-state index in [4.69, 9.17) is 34.8 Å². The Kier molecular flexibility index (Phi) is 18.4. The van der Waals surface area contributed by atoms with Crippen LogP contribution in [0.3, 0.4) is 0 Å². The molecule has 23 heteroatoms. The van der Waals surface area contributed by atoms with Gasteiger partial charge in [0.2, 0.25) is 23.6 Å². The Labute approximate surface area is 471 Å². The van der Waals surface area contributed by atoms with Crippen molar-refractivity contribution in [1.29, 1.82) is 0 Å². The first-order valence-electron chi connectivity index (χ1n) is 26.0. The maximum absolute atomic E-state index is 13.7. The van der Waals surface area contributed by atoms with Gasteiger partial charge in [0.15, 0.2) is 0 Å². The summed E-state index contributed by atoms with van der Waals surface area (Å²) in [6.45, 7) is 14.8. The molecule has 0 saturated carbocycles. The molecule has 0 unspecified atom stereocenters. The Morgan fingerprint density at radius 3 is 1.56 bits per heavy atom. The van der Waals surface area contributed by atoms with Crippen LogP contribution in [0.4, 0.5) is 5.69 Å². The van der Waals surface area contributed by atoms with E-state index < -0.39 is 22.9 Å². The minimum atomic E-state index is -0.589. The number of carbonyl (C=O) groups excluding carboxylic acids is 6. The Hall–Kier alpha value is -7.39. The molecule has 4 aliphatic heterocycles. The predicted molar refractivity (Wildman–Crippen MR) is 303 cm³/mol. The smallest absolute Gasteiger partial charge is 0.265 e. The summed E-state index contributed by atoms with van der Waals surface area (Å²) >= 11 is 18.2. The third kappa shape index (κ3) is 14.7. The fourth-order valence-electron chi connectivity index (χ4n) is 9.65. The predicted octanol–water partition coefficient (Wildman–Crippen LogP) is 4.77. The molecular weight excluding hydrogens is 1080 g/mol. The van der Waals surface area contributed by atoms with Gasteiger partial charge in [0.05, 0.1) is 5.02 Å². The van der Waals surface area contributed by atoms with Gasteiger partial charge >= 0.3 is 0 Å². The quantitative estimate of drug-likeness (QED) is 0.118. The van der Waals surface area contributed by atoms with E-state index in [1.807, 2.05) is 11.0 Å². The van der Waals surface area contributed by atoms with Gasteiger partial charge in [0, 0.05) is 130 Å². The lowest BCUT2D eigenvalue weighted by atomic mass is 9.84. The first-order chi connectivity index (χ1) is 37.6. The summed E-state index contributed by atoms with van der Waals surface area (Å²) in [6.07, 6.45) is 4.00. The second-order valence-corrected chi connectivity index (χ2v) is 22.7. The van der Waals surface area contributed by atoms with Crippen molar-refractivity contribution in [3.63, 3.8) is 0 Å². The van der Waals surface area contributed by atoms with Crippen LogP contribution in [-0.4, -0.2) is 130 Å². The monoisotopic (exact) mass is 1140 g/mol. The standard InChI is InChI=1S/C28H31ClN6O4.C23H22Cl2N4O3.C5H10N2O/c1-28(2)16-34(17-28)24(37)15-35-25-20(22(7-9-31-25)33-11-8-23(36)30-10-12-33)13-21(27(35)39)26(38)32-14-18-3-5-19(29)6-4-18;1-23(2)12-28(13-23)19(30)11-29-20-16(18(25)7-8-26-20)9-17(22(29)32)21(31)27-10-14-3-5-15(24)6-4-14;8-5-1-2-6-3-4-7-5/h3-7,9,13H,8,10-12,14-17H2,1-2H3,(H,30,36)(H,32,38);3-9H,10-13H2,1-2H3,(H,27,31);6H,1-4H2,(H,7,8). The lowest BCUT2D eigenvalue weighted by Crippen LogP contribution is -2.56. The van der Waals surface area contributed by atoms with E-state index in [0.717, 1.165) is 36.4 Å². The second-order valence-electron chi connectivity index (χ2n) is 21.4. The summed E-state index contributed by atoms with van der Waals surface area (Å²) in [7, 11) is 0. The minimum Gasteiger partial charge on any atom is -0.369 e. The third-order valence-corrected chi connectivity index (χ3v) is 14.5. The second kappa shape index (κ2) is 25.2. The molecule has 6 amide bonds. The summed E-state index contributed by atoms with van der Waals surface area (Å²) in [5.41, 5.74) is 1.75. The highest BCUT2D eigenvalue weighted by molar-refractivity contribution is 6.35. The van der Waals surface area contributed by atoms with E-state index in [0.29, 0.717) is 90.1 Å². The van der Waals surface area contributed by atoms with Crippen LogP contribution in [0, 0.1) is 10.8 Å². The number of amides is 6. The molecule has 5 N–H and O–H groups in total. The molecule has 20 nitrogen and oxygen atoms in total. The number of rotatable bonds is 11. The van der Waals surface area contributed by atoms with Gasteiger partial charge in [-0.3, -0.25) is 47.5 Å². The van der Waals surface area contributed by atoms with Crippen LogP contribution in [0.25, 0.3) is 22.1 Å². The number of nitrogens with one attached hydrogen (secondary N) is 5. The molecule has 6 aromatic rings. The summed E-state index contributed by atoms with van der Waals surface area (Å²) in [5.74, 6) is -1.38. The highest BCUT2D eigenvalue weighted by atomic mass is 35.5. The molecule has 0 bridgehead atoms. The molecule has 4 saturated heterocycles. The van der Waals surface area contributed by atoms with Gasteiger partial charge in [-0.1, -0.05) is 86.8 Å². The van der Waals surface area contributed by atoms with Gasteiger partial charge in [-0.25, -0.2) is 9.97 Å². The van der Waals surface area contributed by atoms with Gasteiger partial charge in [-0.15, -0.1) is 0 Å². The van der Waals surface area contributed by atoms with Gasteiger partial charge in [0.1, 0.15) is 35.5 Å². The summed E-state index contributed by atoms with van der Waals surface area (Å²) in [6, 6.07) is 20.4. The summed E-state index contributed by atoms with van der Waals surface area (Å²) < 4.78 is 2.52. The van der Waals surface area contributed by atoms with Crippen molar-refractivity contribution >= 4 is 98.0 Å². The van der Waals surface area contributed by atoms with Gasteiger partial charge in [-0.05, 0) is 70.5 Å². The zero-order valence-corrected chi connectivity index (χ0v) is 46.7. The largest absolute Gasteiger partial charge is 0.369 e. The zero-order valence-electron chi connectivity index (χ0n) is 44.4. The number of benzene rings is 2. The van der Waals surface area contributed by atoms with E-state index in [-0.39, 0.29) is 77.4 Å². The maximum Gasteiger partial charge on any atom is 0.265 e. The Morgan fingerprint density at radius 1 is 0.570 bits per heavy atom. The molecule has 79 heavy (non-hydrogen) atoms. The number of carbonyl (C=O) groups is 6. The van der Waals surface area contributed by atoms with Crippen LogP contribution in [-0.2, 0) is 45.4 Å². The van der Waals surface area contributed by atoms with Crippen molar-refractivity contribution in [1.82, 2.24) is 55.5 Å². The number of anilines is 1. The van der Waals surface area contributed by atoms with E-state index in [1.165, 1.54) is 21.4 Å². The molecule has 0 spiro atoms. The number of aromatic nitrogens is 4. The first kappa shape index (κ1) is 57.8. The molecule has 10 rings (SSSR count). The lowest BCUT2D eigenvalue weighted by molar-refractivity contribution is -0.142. The van der Waals surface area contributed by atoms with Crippen molar-refractivity contribution in [3.05, 3.63) is 143 Å². The number of hydrogen-bond acceptors (Lipinski definition) is 12. The number of hydrogen-bond donors (Lipinski definition) is 5. The molecule has 4 aliphatic rings. The Bertz CT molecular complexity index is 3400. The molecule has 4 fully saturated rings. The van der Waals surface area contributed by atoms with Gasteiger partial charge < -0.3 is 41.3 Å². The molecule has 2 aromatic carbocycles. The van der Waals surface area contributed by atoms with Crippen LogP contribution in [0.2, 0.25) is 15.1 Å². The fourth-order valence-corrected chi connectivity index (χ4v) is 10.1. The molecule has 416 valence electrons. The Morgan fingerprint density at radius 2 is 1.04 bits per heavy atom. The Balaban J connectivity index is 0.000000185. The lowest BCUT2D eigenvalue weighted by Gasteiger charge is -2.45. The molecule has 0 atom stereocenters. The first-order valence-corrected chi connectivity index (χ1v) is 27.1.